The topological polar surface area (TPSA) is 54.0 Å². The molecule has 1 unspecified atom stereocenters. The highest BCUT2D eigenvalue weighted by atomic mass is 16.7. The van der Waals surface area contributed by atoms with E-state index in [1.165, 1.54) is 5.56 Å². The van der Waals surface area contributed by atoms with Crippen LogP contribution in [0.4, 0.5) is 5.69 Å². The molecule has 0 bridgehead atoms. The molecule has 0 aromatic heterocycles. The van der Waals surface area contributed by atoms with Crippen molar-refractivity contribution < 1.29 is 14.3 Å². The number of piperazine rings is 1. The third-order valence-electron chi connectivity index (χ3n) is 6.02. The Morgan fingerprint density at radius 3 is 2.28 bits per heavy atom. The zero-order valence-electron chi connectivity index (χ0n) is 17.9. The van der Waals surface area contributed by atoms with E-state index in [1.54, 1.807) is 0 Å². The van der Waals surface area contributed by atoms with Crippen LogP contribution in [0.15, 0.2) is 78.9 Å². The molecule has 1 saturated heterocycles. The lowest BCUT2D eigenvalue weighted by atomic mass is 10.0. The maximum atomic E-state index is 13.3. The third kappa shape index (κ3) is 4.61. The van der Waals surface area contributed by atoms with Gasteiger partial charge in [0.2, 0.25) is 12.7 Å². The molecule has 5 rings (SSSR count). The van der Waals surface area contributed by atoms with Crippen molar-refractivity contribution in [1.29, 1.82) is 0 Å². The summed E-state index contributed by atoms with van der Waals surface area (Å²) in [4.78, 5) is 18.0. The van der Waals surface area contributed by atoms with Crippen LogP contribution in [0.1, 0.15) is 17.2 Å². The van der Waals surface area contributed by atoms with Gasteiger partial charge in [-0.3, -0.25) is 14.6 Å². The van der Waals surface area contributed by atoms with E-state index in [4.69, 9.17) is 9.47 Å². The summed E-state index contributed by atoms with van der Waals surface area (Å²) in [5, 5.41) is 3.09. The van der Waals surface area contributed by atoms with E-state index in [2.05, 4.69) is 27.2 Å². The number of nitrogens with one attached hydrogen (secondary N) is 1. The fraction of sp³-hybridized carbons (Fsp3) is 0.269. The van der Waals surface area contributed by atoms with Crippen molar-refractivity contribution in [3.8, 4) is 11.5 Å². The van der Waals surface area contributed by atoms with E-state index in [-0.39, 0.29) is 11.9 Å². The predicted molar refractivity (Wildman–Crippen MR) is 124 cm³/mol. The Labute approximate surface area is 188 Å². The molecule has 0 radical (unpaired) electrons. The summed E-state index contributed by atoms with van der Waals surface area (Å²) in [6.07, 6.45) is 0. The van der Waals surface area contributed by atoms with Crippen LogP contribution in [0.2, 0.25) is 0 Å². The van der Waals surface area contributed by atoms with Gasteiger partial charge in [0.15, 0.2) is 11.5 Å². The quantitative estimate of drug-likeness (QED) is 0.644. The fourth-order valence-corrected chi connectivity index (χ4v) is 4.37. The second-order valence-electron chi connectivity index (χ2n) is 8.17. The van der Waals surface area contributed by atoms with Gasteiger partial charge in [0.1, 0.15) is 6.04 Å². The van der Waals surface area contributed by atoms with Crippen LogP contribution in [0.3, 0.4) is 0 Å². The molecule has 1 atom stereocenters. The summed E-state index contributed by atoms with van der Waals surface area (Å²) >= 11 is 0. The second kappa shape index (κ2) is 9.42. The average molecular weight is 430 g/mol. The summed E-state index contributed by atoms with van der Waals surface area (Å²) in [5.41, 5.74) is 3.05. The minimum atomic E-state index is -0.316. The first-order valence-corrected chi connectivity index (χ1v) is 11.0. The van der Waals surface area contributed by atoms with E-state index in [0.29, 0.717) is 6.79 Å². The number of fused-ring (bicyclic) bond motifs is 1. The molecule has 1 amide bonds. The first-order valence-electron chi connectivity index (χ1n) is 11.0. The van der Waals surface area contributed by atoms with E-state index in [9.17, 15) is 4.79 Å². The highest BCUT2D eigenvalue weighted by molar-refractivity contribution is 5.95. The Morgan fingerprint density at radius 2 is 1.53 bits per heavy atom. The van der Waals surface area contributed by atoms with Crippen LogP contribution in [-0.2, 0) is 11.3 Å². The van der Waals surface area contributed by atoms with Crippen LogP contribution in [-0.4, -0.2) is 48.7 Å². The number of hydrogen-bond donors (Lipinski definition) is 1. The third-order valence-corrected chi connectivity index (χ3v) is 6.02. The number of hydrogen-bond acceptors (Lipinski definition) is 5. The van der Waals surface area contributed by atoms with Gasteiger partial charge in [-0.05, 0) is 35.4 Å². The van der Waals surface area contributed by atoms with Crippen molar-refractivity contribution in [2.24, 2.45) is 0 Å². The summed E-state index contributed by atoms with van der Waals surface area (Å²) < 4.78 is 10.9. The molecule has 0 spiro atoms. The molecule has 32 heavy (non-hydrogen) atoms. The maximum absolute atomic E-state index is 13.3. The molecule has 2 aliphatic rings. The monoisotopic (exact) mass is 429 g/mol. The van der Waals surface area contributed by atoms with Gasteiger partial charge in [-0.15, -0.1) is 0 Å². The number of carbonyl (C=O) groups excluding carboxylic acids is 1. The molecule has 164 valence electrons. The van der Waals surface area contributed by atoms with Gasteiger partial charge in [-0.1, -0.05) is 54.6 Å². The van der Waals surface area contributed by atoms with Crippen molar-refractivity contribution in [2.75, 3.05) is 38.3 Å². The van der Waals surface area contributed by atoms with Crippen LogP contribution in [0.5, 0.6) is 11.5 Å². The Kier molecular flexibility index (Phi) is 6.05. The fourth-order valence-electron chi connectivity index (χ4n) is 4.37. The number of carbonyl (C=O) groups is 1. The highest BCUT2D eigenvalue weighted by Gasteiger charge is 2.30. The number of amides is 1. The summed E-state index contributed by atoms with van der Waals surface area (Å²) in [6.45, 7) is 4.60. The Balaban J connectivity index is 1.26. The summed E-state index contributed by atoms with van der Waals surface area (Å²) in [6, 6.07) is 25.5. The molecular formula is C26H27N3O3. The number of rotatable bonds is 6. The van der Waals surface area contributed by atoms with Crippen molar-refractivity contribution in [1.82, 2.24) is 9.80 Å². The van der Waals surface area contributed by atoms with Gasteiger partial charge in [-0.2, -0.15) is 0 Å². The maximum Gasteiger partial charge on any atom is 0.246 e. The SMILES string of the molecule is O=C(Nc1ccccc1)C(c1ccccc1)N1CCN(Cc2ccc3c(c2)OCO3)CC1. The number of ether oxygens (including phenoxy) is 2. The van der Waals surface area contributed by atoms with Gasteiger partial charge >= 0.3 is 0 Å². The van der Waals surface area contributed by atoms with E-state index >= 15 is 0 Å². The van der Waals surface area contributed by atoms with Gasteiger partial charge in [-0.25, -0.2) is 0 Å². The number of anilines is 1. The van der Waals surface area contributed by atoms with E-state index in [0.717, 1.165) is 55.5 Å². The molecule has 3 aromatic rings. The Bertz CT molecular complexity index is 1050. The highest BCUT2D eigenvalue weighted by Crippen LogP contribution is 2.33. The first kappa shape index (κ1) is 20.5. The standard InChI is InChI=1S/C26H27N3O3/c30-26(27-22-9-5-2-6-10-22)25(21-7-3-1-4-8-21)29-15-13-28(14-16-29)18-20-11-12-23-24(17-20)32-19-31-23/h1-12,17,25H,13-16,18-19H2,(H,27,30). The van der Waals surface area contributed by atoms with Crippen LogP contribution in [0, 0.1) is 0 Å². The lowest BCUT2D eigenvalue weighted by Crippen LogP contribution is -2.49. The molecule has 3 aromatic carbocycles. The van der Waals surface area contributed by atoms with E-state index in [1.807, 2.05) is 66.7 Å². The Morgan fingerprint density at radius 1 is 0.844 bits per heavy atom. The zero-order valence-corrected chi connectivity index (χ0v) is 17.9. The molecule has 6 heteroatoms. The first-order chi connectivity index (χ1) is 15.8. The van der Waals surface area contributed by atoms with Crippen molar-refractivity contribution in [2.45, 2.75) is 12.6 Å². The normalized spacial score (nSPS) is 17.1. The van der Waals surface area contributed by atoms with Gasteiger partial charge in [0.25, 0.3) is 0 Å². The van der Waals surface area contributed by atoms with E-state index < -0.39 is 0 Å². The molecular weight excluding hydrogens is 402 g/mol. The average Bonchev–Trinajstić information content (AvgIpc) is 3.30. The van der Waals surface area contributed by atoms with Crippen LogP contribution < -0.4 is 14.8 Å². The van der Waals surface area contributed by atoms with Gasteiger partial charge in [0.05, 0.1) is 0 Å². The van der Waals surface area contributed by atoms with Crippen molar-refractivity contribution in [3.05, 3.63) is 90.0 Å². The summed E-state index contributed by atoms with van der Waals surface area (Å²) in [7, 11) is 0. The second-order valence-corrected chi connectivity index (χ2v) is 8.17. The molecule has 2 heterocycles. The number of para-hydroxylation sites is 1. The largest absolute Gasteiger partial charge is 0.454 e. The summed E-state index contributed by atoms with van der Waals surface area (Å²) in [5.74, 6) is 1.64. The number of nitrogens with zero attached hydrogens (tertiary/aromatic N) is 2. The zero-order chi connectivity index (χ0) is 21.8. The molecule has 1 fully saturated rings. The molecule has 6 nitrogen and oxygen atoms in total. The Hall–Kier alpha value is -3.35. The number of benzene rings is 3. The van der Waals surface area contributed by atoms with Gasteiger partial charge in [0, 0.05) is 38.4 Å². The predicted octanol–water partition coefficient (Wildman–Crippen LogP) is 3.91. The molecule has 1 N–H and O–H groups in total. The lowest BCUT2D eigenvalue weighted by Gasteiger charge is -2.38. The molecule has 2 aliphatic heterocycles. The van der Waals surface area contributed by atoms with Crippen molar-refractivity contribution >= 4 is 11.6 Å². The van der Waals surface area contributed by atoms with Crippen molar-refractivity contribution in [3.63, 3.8) is 0 Å². The molecule has 0 saturated carbocycles. The smallest absolute Gasteiger partial charge is 0.246 e. The minimum absolute atomic E-state index is 0.00613. The lowest BCUT2D eigenvalue weighted by molar-refractivity contribution is -0.122. The van der Waals surface area contributed by atoms with Crippen LogP contribution >= 0.6 is 0 Å². The molecule has 0 aliphatic carbocycles. The van der Waals surface area contributed by atoms with Gasteiger partial charge < -0.3 is 14.8 Å². The minimum Gasteiger partial charge on any atom is -0.454 e. The van der Waals surface area contributed by atoms with Crippen LogP contribution in [0.25, 0.3) is 0 Å².